The third-order valence-corrected chi connectivity index (χ3v) is 9.56. The highest BCUT2D eigenvalue weighted by molar-refractivity contribution is 8.33. The number of alkyl halides is 3. The van der Waals surface area contributed by atoms with E-state index in [-0.39, 0.29) is 0 Å². The minimum Gasteiger partial charge on any atom is -0.200 e. The lowest BCUT2D eigenvalue weighted by molar-refractivity contribution is -0.0496. The maximum atomic E-state index is 13.5. The van der Waals surface area contributed by atoms with Crippen LogP contribution in [0.1, 0.15) is 25.3 Å². The Balaban J connectivity index is 2.34. The van der Waals surface area contributed by atoms with E-state index in [1.54, 1.807) is 78.9 Å². The van der Waals surface area contributed by atoms with Gasteiger partial charge in [0.1, 0.15) is 0 Å². The lowest BCUT2D eigenvalue weighted by atomic mass is 10.1. The van der Waals surface area contributed by atoms with E-state index in [0.29, 0.717) is 14.7 Å². The van der Waals surface area contributed by atoms with Gasteiger partial charge in [-0.3, -0.25) is 0 Å². The van der Waals surface area contributed by atoms with Crippen molar-refractivity contribution in [1.29, 1.82) is 0 Å². The first-order valence-electron chi connectivity index (χ1n) is 9.75. The van der Waals surface area contributed by atoms with Gasteiger partial charge in [-0.25, -0.2) is 0 Å². The third kappa shape index (κ3) is 4.97. The van der Waals surface area contributed by atoms with Crippen molar-refractivity contribution in [1.82, 2.24) is 0 Å². The van der Waals surface area contributed by atoms with Crippen LogP contribution in [0, 0.1) is 0 Å². The molecule has 0 fully saturated rings. The molecule has 0 saturated carbocycles. The number of hydrogen-bond acceptors (Lipinski definition) is 3. The Morgan fingerprint density at radius 2 is 1.29 bits per heavy atom. The smallest absolute Gasteiger partial charge is 0.200 e. The van der Waals surface area contributed by atoms with Crippen LogP contribution in [0.15, 0.2) is 99.6 Å². The maximum Gasteiger partial charge on any atom is 0.524 e. The van der Waals surface area contributed by atoms with E-state index in [0.717, 1.165) is 24.8 Å². The highest BCUT2D eigenvalue weighted by Crippen LogP contribution is 2.70. The van der Waals surface area contributed by atoms with Crippen LogP contribution in [-0.4, -0.2) is 13.9 Å². The molecular formula is C23H23F3O3S2. The first kappa shape index (κ1) is 23.4. The molecule has 0 aliphatic carbocycles. The van der Waals surface area contributed by atoms with Gasteiger partial charge in [0.05, 0.1) is 0 Å². The average molecular weight is 469 g/mol. The van der Waals surface area contributed by atoms with Gasteiger partial charge >= 0.3 is 15.6 Å². The van der Waals surface area contributed by atoms with Crippen molar-refractivity contribution in [2.24, 2.45) is 0 Å². The lowest BCUT2D eigenvalue weighted by Gasteiger charge is -2.39. The van der Waals surface area contributed by atoms with Crippen LogP contribution in [0.25, 0.3) is 0 Å². The Bertz CT molecular complexity index is 1060. The van der Waals surface area contributed by atoms with Crippen LogP contribution in [0.5, 0.6) is 0 Å². The Labute approximate surface area is 182 Å². The highest BCUT2D eigenvalue weighted by Gasteiger charge is 2.52. The molecule has 3 nitrogen and oxygen atoms in total. The summed E-state index contributed by atoms with van der Waals surface area (Å²) in [6.07, 6.45) is 2.60. The molecule has 31 heavy (non-hydrogen) atoms. The minimum absolute atomic E-state index is 0.363. The summed E-state index contributed by atoms with van der Waals surface area (Å²) in [5.41, 5.74) is -4.63. The van der Waals surface area contributed by atoms with E-state index >= 15 is 0 Å². The monoisotopic (exact) mass is 468 g/mol. The Morgan fingerprint density at radius 1 is 0.774 bits per heavy atom. The predicted octanol–water partition coefficient (Wildman–Crippen LogP) is 7.09. The molecule has 0 atom stereocenters. The molecule has 0 aliphatic heterocycles. The van der Waals surface area contributed by atoms with E-state index in [2.05, 4.69) is 0 Å². The predicted molar refractivity (Wildman–Crippen MR) is 116 cm³/mol. The van der Waals surface area contributed by atoms with Crippen LogP contribution < -0.4 is 0 Å². The largest absolute Gasteiger partial charge is 0.524 e. The summed E-state index contributed by atoms with van der Waals surface area (Å²) in [5.74, 6) is 0. The van der Waals surface area contributed by atoms with Crippen LogP contribution in [0.2, 0.25) is 0 Å². The molecule has 166 valence electrons. The second kappa shape index (κ2) is 9.46. The van der Waals surface area contributed by atoms with Gasteiger partial charge in [0.25, 0.3) is 0 Å². The van der Waals surface area contributed by atoms with Gasteiger partial charge in [0.2, 0.25) is 0 Å². The number of halogens is 3. The van der Waals surface area contributed by atoms with Gasteiger partial charge < -0.3 is 0 Å². The molecule has 0 amide bonds. The van der Waals surface area contributed by atoms with Crippen molar-refractivity contribution >= 4 is 20.4 Å². The first-order valence-corrected chi connectivity index (χ1v) is 12.7. The molecular weight excluding hydrogens is 445 g/mol. The van der Waals surface area contributed by atoms with Gasteiger partial charge in [-0.05, 0) is 65.1 Å². The molecule has 0 spiro atoms. The van der Waals surface area contributed by atoms with Crippen molar-refractivity contribution in [3.05, 3.63) is 90.5 Å². The zero-order valence-corrected chi connectivity index (χ0v) is 18.5. The summed E-state index contributed by atoms with van der Waals surface area (Å²) in [7, 11) is -9.12. The number of benzene rings is 3. The summed E-state index contributed by atoms with van der Waals surface area (Å²) in [6, 6.07) is 23.5. The number of aryl methyl sites for hydroxylation is 1. The fourth-order valence-electron chi connectivity index (χ4n) is 3.18. The molecule has 0 heterocycles. The van der Waals surface area contributed by atoms with Crippen molar-refractivity contribution in [2.45, 2.75) is 46.4 Å². The Kier molecular flexibility index (Phi) is 7.13. The van der Waals surface area contributed by atoms with Crippen LogP contribution in [-0.2, 0) is 20.2 Å². The molecule has 0 aliphatic rings. The maximum absolute atomic E-state index is 13.5. The molecule has 0 bridgehead atoms. The molecule has 0 radical (unpaired) electrons. The summed E-state index contributed by atoms with van der Waals surface area (Å²) >= 11 is 0. The Morgan fingerprint density at radius 3 is 1.77 bits per heavy atom. The molecule has 0 N–H and O–H groups in total. The summed E-state index contributed by atoms with van der Waals surface area (Å²) < 4.78 is 70.2. The molecule has 0 saturated heterocycles. The van der Waals surface area contributed by atoms with Gasteiger partial charge in [-0.15, -0.1) is 0 Å². The third-order valence-electron chi connectivity index (χ3n) is 4.67. The van der Waals surface area contributed by atoms with Crippen LogP contribution in [0.3, 0.4) is 0 Å². The zero-order valence-electron chi connectivity index (χ0n) is 16.9. The van der Waals surface area contributed by atoms with Gasteiger partial charge in [0, 0.05) is 14.7 Å². The second-order valence-corrected chi connectivity index (χ2v) is 11.3. The van der Waals surface area contributed by atoms with Crippen molar-refractivity contribution in [2.75, 3.05) is 0 Å². The van der Waals surface area contributed by atoms with Crippen molar-refractivity contribution in [3.8, 4) is 0 Å². The normalized spacial score (nSPS) is 13.2. The summed E-state index contributed by atoms with van der Waals surface area (Å²) in [4.78, 5) is 1.12. The van der Waals surface area contributed by atoms with E-state index in [1.807, 2.05) is 13.0 Å². The molecule has 0 unspecified atom stereocenters. The number of rotatable bonds is 8. The van der Waals surface area contributed by atoms with Gasteiger partial charge in [-0.1, -0.05) is 61.9 Å². The molecule has 3 rings (SSSR count). The molecule has 3 aromatic carbocycles. The fourth-order valence-corrected chi connectivity index (χ4v) is 8.00. The lowest BCUT2D eigenvalue weighted by Crippen LogP contribution is -2.27. The quantitative estimate of drug-likeness (QED) is 0.331. The second-order valence-electron chi connectivity index (χ2n) is 6.90. The molecule has 0 aromatic heterocycles. The highest BCUT2D eigenvalue weighted by atomic mass is 32.3. The van der Waals surface area contributed by atoms with Crippen LogP contribution >= 0.6 is 10.3 Å². The van der Waals surface area contributed by atoms with Crippen LogP contribution in [0.4, 0.5) is 13.2 Å². The number of hydrogen-bond donors (Lipinski definition) is 0. The van der Waals surface area contributed by atoms with E-state index < -0.39 is 25.9 Å². The fraction of sp³-hybridized carbons (Fsp3) is 0.217. The van der Waals surface area contributed by atoms with Crippen molar-refractivity contribution < 1.29 is 25.2 Å². The van der Waals surface area contributed by atoms with E-state index in [1.165, 1.54) is 0 Å². The topological polar surface area (TPSA) is 43.4 Å². The standard InChI is InChI=1S/C23H23F3O3S2/c1-2-3-11-19-12-10-17-22(18-19)30(20-13-6-4-7-14-20,21-15-8-5-9-16-21)29-31(27,28)23(24,25)26/h4-10,12-18H,2-3,11H2,1H3. The first-order chi connectivity index (χ1) is 14.7. The Hall–Kier alpha value is -2.29. The average Bonchev–Trinajstić information content (AvgIpc) is 2.76. The SMILES string of the molecule is CCCCc1cccc(S(OS(=O)(=O)C(F)(F)F)(c2ccccc2)c2ccccc2)c1. The molecule has 3 aromatic rings. The summed E-state index contributed by atoms with van der Waals surface area (Å²) in [6.45, 7) is 2.05. The molecule has 8 heteroatoms. The van der Waals surface area contributed by atoms with Crippen molar-refractivity contribution in [3.63, 3.8) is 0 Å². The van der Waals surface area contributed by atoms with Gasteiger partial charge in [0.15, 0.2) is 0 Å². The number of unbranched alkanes of at least 4 members (excludes halogenated alkanes) is 1. The van der Waals surface area contributed by atoms with Gasteiger partial charge in [-0.2, -0.15) is 25.2 Å². The van der Waals surface area contributed by atoms with E-state index in [4.69, 9.17) is 3.63 Å². The minimum atomic E-state index is -5.89. The zero-order chi connectivity index (χ0) is 22.5. The summed E-state index contributed by atoms with van der Waals surface area (Å²) in [5, 5.41) is 0. The van der Waals surface area contributed by atoms with E-state index in [9.17, 15) is 21.6 Å².